The summed E-state index contributed by atoms with van der Waals surface area (Å²) >= 11 is 11.7. The first kappa shape index (κ1) is 21.5. The van der Waals surface area contributed by atoms with Gasteiger partial charge in [-0.1, -0.05) is 23.2 Å². The summed E-state index contributed by atoms with van der Waals surface area (Å²) in [6.45, 7) is 1.06. The molecule has 0 saturated carbocycles. The minimum atomic E-state index is -0.951. The number of ether oxygens (including phenoxy) is 1. The van der Waals surface area contributed by atoms with Crippen molar-refractivity contribution in [3.8, 4) is 5.75 Å². The van der Waals surface area contributed by atoms with Gasteiger partial charge in [0, 0.05) is 5.02 Å². The van der Waals surface area contributed by atoms with Gasteiger partial charge in [-0.05, 0) is 49.4 Å². The molecule has 0 aliphatic heterocycles. The van der Waals surface area contributed by atoms with Crippen LogP contribution in [0, 0.1) is 5.82 Å². The molecule has 1 atom stereocenters. The summed E-state index contributed by atoms with van der Waals surface area (Å²) in [6, 6.07) is 9.44. The van der Waals surface area contributed by atoms with Gasteiger partial charge in [-0.15, -0.1) is 0 Å². The number of carbonyl (C=O) groups is 3. The first-order valence-corrected chi connectivity index (χ1v) is 8.76. The van der Waals surface area contributed by atoms with E-state index in [1.807, 2.05) is 0 Å². The molecule has 10 heteroatoms. The van der Waals surface area contributed by atoms with Crippen LogP contribution >= 0.6 is 23.2 Å². The monoisotopic (exact) mass is 427 g/mol. The van der Waals surface area contributed by atoms with Crippen LogP contribution in [0.4, 0.5) is 4.39 Å². The fourth-order valence-corrected chi connectivity index (χ4v) is 2.47. The molecule has 3 N–H and O–H groups in total. The van der Waals surface area contributed by atoms with Gasteiger partial charge < -0.3 is 10.1 Å². The lowest BCUT2D eigenvalue weighted by Gasteiger charge is -2.15. The second-order valence-electron chi connectivity index (χ2n) is 5.56. The van der Waals surface area contributed by atoms with Gasteiger partial charge in [-0.25, -0.2) is 4.39 Å². The molecule has 2 aromatic carbocycles. The van der Waals surface area contributed by atoms with Crippen LogP contribution in [-0.4, -0.2) is 30.4 Å². The van der Waals surface area contributed by atoms with E-state index in [9.17, 15) is 18.8 Å². The zero-order valence-electron chi connectivity index (χ0n) is 14.6. The fraction of sp³-hybridized carbons (Fsp3) is 0.167. The second-order valence-corrected chi connectivity index (χ2v) is 6.40. The van der Waals surface area contributed by atoms with Crippen LogP contribution in [0.15, 0.2) is 42.5 Å². The standard InChI is InChI=1S/C18H16Cl2FN3O4/c1-10(28-13-5-3-12(21)4-6-13)17(26)24-23-16(25)9-22-18(27)14-7-2-11(19)8-15(14)20/h2-8,10H,9H2,1H3,(H,22,27)(H,23,25)(H,24,26). The van der Waals surface area contributed by atoms with Crippen molar-refractivity contribution >= 4 is 40.9 Å². The Labute approximate surface area is 170 Å². The van der Waals surface area contributed by atoms with Crippen molar-refractivity contribution in [3.05, 3.63) is 63.9 Å². The van der Waals surface area contributed by atoms with Crippen molar-refractivity contribution in [2.24, 2.45) is 0 Å². The second kappa shape index (κ2) is 9.91. The van der Waals surface area contributed by atoms with Crippen molar-refractivity contribution < 1.29 is 23.5 Å². The molecule has 28 heavy (non-hydrogen) atoms. The summed E-state index contributed by atoms with van der Waals surface area (Å²) in [4.78, 5) is 35.7. The SMILES string of the molecule is CC(Oc1ccc(F)cc1)C(=O)NNC(=O)CNC(=O)c1ccc(Cl)cc1Cl. The minimum absolute atomic E-state index is 0.144. The minimum Gasteiger partial charge on any atom is -0.481 e. The maximum absolute atomic E-state index is 12.8. The van der Waals surface area contributed by atoms with Crippen molar-refractivity contribution in [1.82, 2.24) is 16.2 Å². The molecule has 0 fully saturated rings. The summed E-state index contributed by atoms with van der Waals surface area (Å²) in [5.74, 6) is -2.01. The van der Waals surface area contributed by atoms with E-state index in [-0.39, 0.29) is 10.6 Å². The van der Waals surface area contributed by atoms with Gasteiger partial charge in [-0.2, -0.15) is 0 Å². The lowest BCUT2D eigenvalue weighted by molar-refractivity contribution is -0.132. The molecule has 0 aliphatic carbocycles. The molecule has 148 valence electrons. The van der Waals surface area contributed by atoms with Gasteiger partial charge in [-0.3, -0.25) is 25.2 Å². The predicted molar refractivity (Wildman–Crippen MR) is 102 cm³/mol. The van der Waals surface area contributed by atoms with Crippen LogP contribution < -0.4 is 20.9 Å². The highest BCUT2D eigenvalue weighted by atomic mass is 35.5. The lowest BCUT2D eigenvalue weighted by atomic mass is 10.2. The normalized spacial score (nSPS) is 11.3. The van der Waals surface area contributed by atoms with Crippen LogP contribution in [-0.2, 0) is 9.59 Å². The zero-order chi connectivity index (χ0) is 20.7. The third-order valence-electron chi connectivity index (χ3n) is 3.41. The van der Waals surface area contributed by atoms with E-state index in [2.05, 4.69) is 16.2 Å². The average molecular weight is 428 g/mol. The molecule has 3 amide bonds. The molecular weight excluding hydrogens is 412 g/mol. The molecule has 0 radical (unpaired) electrons. The van der Waals surface area contributed by atoms with Crippen molar-refractivity contribution in [1.29, 1.82) is 0 Å². The van der Waals surface area contributed by atoms with Crippen LogP contribution in [0.5, 0.6) is 5.75 Å². The predicted octanol–water partition coefficient (Wildman–Crippen LogP) is 2.48. The Bertz CT molecular complexity index is 878. The summed E-state index contributed by atoms with van der Waals surface area (Å²) in [7, 11) is 0. The third-order valence-corrected chi connectivity index (χ3v) is 3.95. The number of amides is 3. The fourth-order valence-electron chi connectivity index (χ4n) is 1.98. The van der Waals surface area contributed by atoms with E-state index in [1.165, 1.54) is 49.4 Å². The maximum atomic E-state index is 12.8. The molecule has 0 bridgehead atoms. The van der Waals surface area contributed by atoms with Crippen LogP contribution in [0.1, 0.15) is 17.3 Å². The Kier molecular flexibility index (Phi) is 7.60. The van der Waals surface area contributed by atoms with Crippen LogP contribution in [0.2, 0.25) is 10.0 Å². The maximum Gasteiger partial charge on any atom is 0.279 e. The molecule has 7 nitrogen and oxygen atoms in total. The highest BCUT2D eigenvalue weighted by Gasteiger charge is 2.16. The summed E-state index contributed by atoms with van der Waals surface area (Å²) in [5, 5.41) is 2.88. The summed E-state index contributed by atoms with van der Waals surface area (Å²) in [5.41, 5.74) is 4.46. The smallest absolute Gasteiger partial charge is 0.279 e. The third kappa shape index (κ3) is 6.40. The molecule has 0 aromatic heterocycles. The summed E-state index contributed by atoms with van der Waals surface area (Å²) < 4.78 is 18.2. The van der Waals surface area contributed by atoms with E-state index in [1.54, 1.807) is 0 Å². The molecule has 1 unspecified atom stereocenters. The zero-order valence-corrected chi connectivity index (χ0v) is 16.1. The van der Waals surface area contributed by atoms with Gasteiger partial charge in [0.05, 0.1) is 17.1 Å². The van der Waals surface area contributed by atoms with Crippen molar-refractivity contribution in [2.45, 2.75) is 13.0 Å². The van der Waals surface area contributed by atoms with Crippen LogP contribution in [0.25, 0.3) is 0 Å². The van der Waals surface area contributed by atoms with Gasteiger partial charge in [0.1, 0.15) is 11.6 Å². The number of halogens is 3. The van der Waals surface area contributed by atoms with Gasteiger partial charge in [0.2, 0.25) is 0 Å². The van der Waals surface area contributed by atoms with Crippen LogP contribution in [0.3, 0.4) is 0 Å². The van der Waals surface area contributed by atoms with Gasteiger partial charge >= 0.3 is 0 Å². The number of rotatable bonds is 6. The number of hydrogen-bond acceptors (Lipinski definition) is 4. The molecule has 0 spiro atoms. The average Bonchev–Trinajstić information content (AvgIpc) is 2.65. The van der Waals surface area contributed by atoms with E-state index in [4.69, 9.17) is 27.9 Å². The van der Waals surface area contributed by atoms with E-state index in [0.717, 1.165) is 0 Å². The van der Waals surface area contributed by atoms with Crippen molar-refractivity contribution in [3.63, 3.8) is 0 Å². The Balaban J connectivity index is 1.75. The molecular formula is C18H16Cl2FN3O4. The summed E-state index contributed by atoms with van der Waals surface area (Å²) in [6.07, 6.45) is -0.951. The molecule has 0 heterocycles. The Morgan fingerprint density at radius 3 is 2.39 bits per heavy atom. The first-order valence-electron chi connectivity index (χ1n) is 8.00. The Morgan fingerprint density at radius 1 is 1.07 bits per heavy atom. The molecule has 0 saturated heterocycles. The Hall–Kier alpha value is -2.84. The van der Waals surface area contributed by atoms with Crippen molar-refractivity contribution in [2.75, 3.05) is 6.54 Å². The van der Waals surface area contributed by atoms with E-state index >= 15 is 0 Å². The lowest BCUT2D eigenvalue weighted by Crippen LogP contribution is -2.50. The molecule has 2 aromatic rings. The largest absolute Gasteiger partial charge is 0.481 e. The number of carbonyl (C=O) groups excluding carboxylic acids is 3. The number of hydrazine groups is 1. The number of hydrogen-bond donors (Lipinski definition) is 3. The molecule has 2 rings (SSSR count). The molecule has 0 aliphatic rings. The highest BCUT2D eigenvalue weighted by Crippen LogP contribution is 2.20. The Morgan fingerprint density at radius 2 is 1.75 bits per heavy atom. The van der Waals surface area contributed by atoms with E-state index in [0.29, 0.717) is 10.8 Å². The highest BCUT2D eigenvalue weighted by molar-refractivity contribution is 6.36. The first-order chi connectivity index (χ1) is 13.3. The van der Waals surface area contributed by atoms with Gasteiger partial charge in [0.25, 0.3) is 17.7 Å². The van der Waals surface area contributed by atoms with E-state index < -0.39 is 36.2 Å². The number of benzene rings is 2. The van der Waals surface area contributed by atoms with Gasteiger partial charge in [0.15, 0.2) is 6.10 Å². The number of nitrogens with one attached hydrogen (secondary N) is 3. The quantitative estimate of drug-likeness (QED) is 0.616. The topological polar surface area (TPSA) is 96.5 Å².